The first-order chi connectivity index (χ1) is 30.9. The molecule has 5 atom stereocenters. The molecule has 0 saturated carbocycles. The van der Waals surface area contributed by atoms with Crippen LogP contribution >= 0.6 is 0 Å². The molecule has 2 N–H and O–H groups in total. The van der Waals surface area contributed by atoms with E-state index in [4.69, 9.17) is 23.9 Å². The molecule has 4 aromatic rings. The molecule has 0 spiro atoms. The Morgan fingerprint density at radius 2 is 1.91 bits per heavy atom. The van der Waals surface area contributed by atoms with Gasteiger partial charge in [0.2, 0.25) is 17.7 Å². The molecule has 6 heterocycles. The lowest BCUT2D eigenvalue weighted by molar-refractivity contribution is -0.162. The lowest BCUT2D eigenvalue weighted by atomic mass is 9.84. The van der Waals surface area contributed by atoms with Gasteiger partial charge in [0.15, 0.2) is 5.89 Å². The van der Waals surface area contributed by atoms with Crippen LogP contribution in [0.15, 0.2) is 59.9 Å². The Labute approximate surface area is 381 Å². The Bertz CT molecular complexity index is 2470. The number of methoxy groups -OCH3 is 1. The van der Waals surface area contributed by atoms with Crippen molar-refractivity contribution in [2.24, 2.45) is 17.3 Å². The van der Waals surface area contributed by atoms with Crippen molar-refractivity contribution >= 4 is 40.5 Å². The van der Waals surface area contributed by atoms with Gasteiger partial charge in [-0.15, -0.1) is 0 Å². The van der Waals surface area contributed by atoms with Gasteiger partial charge >= 0.3 is 5.97 Å². The first-order valence-corrected chi connectivity index (χ1v) is 22.7. The van der Waals surface area contributed by atoms with Gasteiger partial charge < -0.3 is 33.6 Å². The van der Waals surface area contributed by atoms with Gasteiger partial charge in [-0.1, -0.05) is 40.3 Å². The molecular weight excluding hydrogens is 829 g/mol. The zero-order valence-corrected chi connectivity index (χ0v) is 39.2. The number of aromatic nitrogens is 3. The van der Waals surface area contributed by atoms with Crippen LogP contribution in [0.25, 0.3) is 33.4 Å². The Morgan fingerprint density at radius 1 is 1.14 bits per heavy atom. The normalized spacial score (nSPS) is 22.3. The zero-order valence-electron chi connectivity index (χ0n) is 39.2. The Kier molecular flexibility index (Phi) is 13.7. The molecule has 16 nitrogen and oxygen atoms in total. The summed E-state index contributed by atoms with van der Waals surface area (Å²) in [4.78, 5) is 82.1. The van der Waals surface area contributed by atoms with Crippen LogP contribution in [0.3, 0.4) is 0 Å². The number of nitrogens with one attached hydrogen (secondary N) is 2. The molecule has 7 rings (SSSR count). The molecule has 1 aromatic carbocycles. The molecule has 16 heteroatoms. The van der Waals surface area contributed by atoms with Crippen molar-refractivity contribution in [1.82, 2.24) is 40.1 Å². The van der Waals surface area contributed by atoms with Gasteiger partial charge in [0.25, 0.3) is 5.91 Å². The molecule has 0 aliphatic carbocycles. The highest BCUT2D eigenvalue weighted by Gasteiger charge is 2.44. The Balaban J connectivity index is 1.29. The molecule has 0 radical (unpaired) electrons. The number of ether oxygens (including phenoxy) is 2. The third kappa shape index (κ3) is 9.46. The molecule has 3 aliphatic heterocycles. The van der Waals surface area contributed by atoms with Crippen LogP contribution in [0.4, 0.5) is 0 Å². The maximum absolute atomic E-state index is 14.7. The lowest BCUT2D eigenvalue weighted by Gasteiger charge is -2.41. The summed E-state index contributed by atoms with van der Waals surface area (Å²) in [6.45, 7) is 18.9. The molecule has 6 bridgehead atoms. The van der Waals surface area contributed by atoms with Crippen molar-refractivity contribution in [3.63, 3.8) is 0 Å². The summed E-state index contributed by atoms with van der Waals surface area (Å²) in [5.74, 6) is -2.67. The summed E-state index contributed by atoms with van der Waals surface area (Å²) in [6, 6.07) is 8.03. The number of carbonyl (C=O) groups excluding carboxylic acids is 5. The molecule has 2 fully saturated rings. The van der Waals surface area contributed by atoms with E-state index in [-0.39, 0.29) is 55.8 Å². The number of likely N-dealkylation sites (N-methyl/N-ethyl adjacent to an activating group) is 1. The monoisotopic (exact) mass is 892 g/mol. The fourth-order valence-electron chi connectivity index (χ4n) is 9.71. The fourth-order valence-corrected chi connectivity index (χ4v) is 9.71. The van der Waals surface area contributed by atoms with Gasteiger partial charge in [-0.3, -0.25) is 29.2 Å². The second kappa shape index (κ2) is 18.9. The van der Waals surface area contributed by atoms with Crippen LogP contribution in [0.1, 0.15) is 91.0 Å². The highest BCUT2D eigenvalue weighted by molar-refractivity contribution is 5.96. The molecular formula is C49H64N8O8. The van der Waals surface area contributed by atoms with Gasteiger partial charge in [-0.05, 0) is 88.3 Å². The molecule has 3 aliphatic rings. The van der Waals surface area contributed by atoms with Gasteiger partial charge in [-0.2, -0.15) is 0 Å². The summed E-state index contributed by atoms with van der Waals surface area (Å²) >= 11 is 0. The first-order valence-electron chi connectivity index (χ1n) is 22.7. The quantitative estimate of drug-likeness (QED) is 0.149. The van der Waals surface area contributed by atoms with Crippen molar-refractivity contribution in [1.29, 1.82) is 0 Å². The highest BCUT2D eigenvalue weighted by atomic mass is 16.5. The van der Waals surface area contributed by atoms with E-state index in [1.165, 1.54) is 16.0 Å². The largest absolute Gasteiger partial charge is 0.464 e. The number of cyclic esters (lactones) is 1. The first kappa shape index (κ1) is 47.1. The number of oxazole rings is 1. The standard InChI is InChI=1S/C49H64N8O8/c1-11-40(58)55-22-18-32(26-55)45(60)54(9)42(29(3)4)44(59)52-36-24-39-51-37(27-64-39)31-16-17-38-34(23-31)35(43(56(38)12-2)33-15-13-20-50-41(33)30(5)63-10)25-48(6,7)28-65-47(62)49(8)19-14-21-57(53-49)46(36)61/h11,13,15-17,20,23,27,29-30,32,36,42,53H,1,12,14,18-19,21-22,24-26,28H2,2-10H3,(H,52,59)/t30-,32-,36-,42-,49+/m0/s1. The average molecular weight is 893 g/mol. The maximum Gasteiger partial charge on any atom is 0.327 e. The molecule has 2 saturated heterocycles. The maximum atomic E-state index is 14.7. The van der Waals surface area contributed by atoms with Crippen LogP contribution in [-0.2, 0) is 52.8 Å². The summed E-state index contributed by atoms with van der Waals surface area (Å²) in [6.07, 6.45) is 6.08. The number of likely N-dealkylation sites (tertiary alicyclic amines) is 1. The van der Waals surface area contributed by atoms with E-state index in [0.29, 0.717) is 44.5 Å². The minimum absolute atomic E-state index is 0.0982. The number of carbonyl (C=O) groups is 5. The van der Waals surface area contributed by atoms with Crippen molar-refractivity contribution in [3.05, 3.63) is 72.6 Å². The van der Waals surface area contributed by atoms with E-state index < -0.39 is 46.7 Å². The minimum Gasteiger partial charge on any atom is -0.464 e. The van der Waals surface area contributed by atoms with E-state index in [1.807, 2.05) is 32.9 Å². The van der Waals surface area contributed by atoms with Gasteiger partial charge in [0, 0.05) is 74.0 Å². The van der Waals surface area contributed by atoms with Gasteiger partial charge in [0.05, 0.1) is 36.4 Å². The third-order valence-corrected chi connectivity index (χ3v) is 13.3. The number of aryl methyl sites for hydroxylation is 1. The molecule has 0 unspecified atom stereocenters. The Hall–Kier alpha value is -5.87. The van der Waals surface area contributed by atoms with Gasteiger partial charge in [-0.25, -0.2) is 15.2 Å². The topological polar surface area (TPSA) is 181 Å². The number of fused-ring (bicyclic) bond motifs is 6. The summed E-state index contributed by atoms with van der Waals surface area (Å²) in [5.41, 5.74) is 7.56. The summed E-state index contributed by atoms with van der Waals surface area (Å²) in [5, 5.41) is 5.34. The van der Waals surface area contributed by atoms with Crippen molar-refractivity contribution < 1.29 is 37.9 Å². The smallest absolute Gasteiger partial charge is 0.327 e. The van der Waals surface area contributed by atoms with Crippen molar-refractivity contribution in [2.75, 3.05) is 40.4 Å². The highest BCUT2D eigenvalue weighted by Crippen LogP contribution is 2.42. The van der Waals surface area contributed by atoms with Crippen LogP contribution in [-0.4, -0.2) is 117 Å². The van der Waals surface area contributed by atoms with E-state index in [0.717, 1.165) is 39.0 Å². The number of benzene rings is 1. The van der Waals surface area contributed by atoms with Crippen LogP contribution in [0, 0.1) is 17.3 Å². The number of amides is 4. The molecule has 4 amide bonds. The molecule has 65 heavy (non-hydrogen) atoms. The van der Waals surface area contributed by atoms with Crippen LogP contribution < -0.4 is 10.7 Å². The third-order valence-electron chi connectivity index (χ3n) is 13.3. The number of hydrogen-bond acceptors (Lipinski definition) is 11. The van der Waals surface area contributed by atoms with Crippen LogP contribution in [0.2, 0.25) is 0 Å². The van der Waals surface area contributed by atoms with Crippen molar-refractivity contribution in [3.8, 4) is 22.5 Å². The number of hydrazine groups is 1. The Morgan fingerprint density at radius 3 is 2.62 bits per heavy atom. The number of pyridine rings is 1. The van der Waals surface area contributed by atoms with E-state index in [2.05, 4.69) is 60.9 Å². The number of rotatable bonds is 10. The van der Waals surface area contributed by atoms with E-state index >= 15 is 0 Å². The fraction of sp³-hybridized carbons (Fsp3) is 0.531. The van der Waals surface area contributed by atoms with Gasteiger partial charge in [0.1, 0.15) is 29.6 Å². The minimum atomic E-state index is -1.26. The molecule has 348 valence electrons. The summed E-state index contributed by atoms with van der Waals surface area (Å²) < 4.78 is 20.4. The zero-order chi connectivity index (χ0) is 47.0. The number of nitrogens with zero attached hydrogens (tertiary/aromatic N) is 6. The second-order valence-corrected chi connectivity index (χ2v) is 19.1. The van der Waals surface area contributed by atoms with E-state index in [9.17, 15) is 24.0 Å². The molecule has 3 aromatic heterocycles. The number of esters is 1. The summed E-state index contributed by atoms with van der Waals surface area (Å²) in [7, 11) is 3.25. The van der Waals surface area contributed by atoms with Crippen molar-refractivity contribution in [2.45, 2.75) is 111 Å². The average Bonchev–Trinajstić information content (AvgIpc) is 4.05. The lowest BCUT2D eigenvalue weighted by Crippen LogP contribution is -2.66. The second-order valence-electron chi connectivity index (χ2n) is 19.1. The number of hydrogen-bond donors (Lipinski definition) is 2. The van der Waals surface area contributed by atoms with E-state index in [1.54, 1.807) is 38.4 Å². The SMILES string of the molecule is C=CC(=O)N1CC[C@H](C(=O)N(C)[C@H](C(=O)N[C@H]2Cc3nc(co3)-c3ccc4c(c3)c(c(-c3cccnc3[C@H](C)OC)n4CC)CC(C)(C)COC(=O)[C@@]3(C)CCCN(N3)C2=O)C(C)C)C1. The van der Waals surface area contributed by atoms with Crippen LogP contribution in [0.5, 0.6) is 0 Å². The predicted octanol–water partition coefficient (Wildman–Crippen LogP) is 5.64. The predicted molar refractivity (Wildman–Crippen MR) is 245 cm³/mol.